The SMILES string of the molecule is C/C(=C(\C)C(C)C)C(C)C. The van der Waals surface area contributed by atoms with E-state index in [0.29, 0.717) is 11.8 Å². The Balaban J connectivity index is 4.34. The van der Waals surface area contributed by atoms with Crippen molar-refractivity contribution in [3.8, 4) is 0 Å². The van der Waals surface area contributed by atoms with Gasteiger partial charge < -0.3 is 0 Å². The van der Waals surface area contributed by atoms with E-state index in [9.17, 15) is 0 Å². The first-order valence-electron chi connectivity index (χ1n) is 4.14. The normalized spacial score (nSPS) is 14.4. The van der Waals surface area contributed by atoms with Crippen molar-refractivity contribution >= 4 is 0 Å². The molecule has 0 N–H and O–H groups in total. The fraction of sp³-hybridized carbons (Fsp3) is 0.800. The van der Waals surface area contributed by atoms with Crippen LogP contribution in [-0.2, 0) is 0 Å². The van der Waals surface area contributed by atoms with Gasteiger partial charge in [0.25, 0.3) is 0 Å². The molecule has 0 heteroatoms. The highest BCUT2D eigenvalue weighted by Crippen LogP contribution is 2.19. The Morgan fingerprint density at radius 1 is 0.700 bits per heavy atom. The smallest absolute Gasteiger partial charge is 0.0260 e. The quantitative estimate of drug-likeness (QED) is 0.514. The van der Waals surface area contributed by atoms with Crippen molar-refractivity contribution in [3.05, 3.63) is 11.1 Å². The number of hydrogen-bond donors (Lipinski definition) is 0. The highest BCUT2D eigenvalue weighted by atomic mass is 14.1. The summed E-state index contributed by atoms with van der Waals surface area (Å²) in [6, 6.07) is 0. The molecule has 0 radical (unpaired) electrons. The van der Waals surface area contributed by atoms with E-state index < -0.39 is 0 Å². The van der Waals surface area contributed by atoms with E-state index in [-0.39, 0.29) is 0 Å². The van der Waals surface area contributed by atoms with E-state index in [1.165, 1.54) is 0 Å². The molecule has 0 fully saturated rings. The topological polar surface area (TPSA) is 0 Å². The van der Waals surface area contributed by atoms with Crippen LogP contribution in [-0.4, -0.2) is 0 Å². The summed E-state index contributed by atoms with van der Waals surface area (Å²) in [6.07, 6.45) is 0. The molecule has 0 aromatic carbocycles. The summed E-state index contributed by atoms with van der Waals surface area (Å²) in [6.45, 7) is 13.5. The minimum atomic E-state index is 0.711. The molecule has 0 aromatic heterocycles. The van der Waals surface area contributed by atoms with Crippen LogP contribution < -0.4 is 0 Å². The third kappa shape index (κ3) is 2.55. The number of hydrogen-bond acceptors (Lipinski definition) is 0. The summed E-state index contributed by atoms with van der Waals surface area (Å²) in [4.78, 5) is 0. The first-order chi connectivity index (χ1) is 4.46. The van der Waals surface area contributed by atoms with Gasteiger partial charge in [0.2, 0.25) is 0 Å². The minimum Gasteiger partial charge on any atom is -0.0716 e. The Hall–Kier alpha value is -0.260. The van der Waals surface area contributed by atoms with Crippen LogP contribution in [0.3, 0.4) is 0 Å². The lowest BCUT2D eigenvalue weighted by atomic mass is 9.93. The molecule has 0 amide bonds. The van der Waals surface area contributed by atoms with Crippen LogP contribution in [0.1, 0.15) is 41.5 Å². The summed E-state index contributed by atoms with van der Waals surface area (Å²) in [5.74, 6) is 1.42. The summed E-state index contributed by atoms with van der Waals surface area (Å²) in [5, 5.41) is 0. The number of allylic oxidation sites excluding steroid dienone is 2. The van der Waals surface area contributed by atoms with E-state index in [0.717, 1.165) is 0 Å². The molecule has 0 rings (SSSR count). The molecule has 0 unspecified atom stereocenters. The number of rotatable bonds is 2. The zero-order valence-corrected chi connectivity index (χ0v) is 8.15. The summed E-state index contributed by atoms with van der Waals surface area (Å²) < 4.78 is 0. The molecular weight excluding hydrogens is 120 g/mol. The fourth-order valence-corrected chi connectivity index (χ4v) is 0.911. The van der Waals surface area contributed by atoms with Gasteiger partial charge >= 0.3 is 0 Å². The zero-order chi connectivity index (χ0) is 8.31. The van der Waals surface area contributed by atoms with Crippen LogP contribution in [0, 0.1) is 11.8 Å². The van der Waals surface area contributed by atoms with Gasteiger partial charge in [0, 0.05) is 0 Å². The van der Waals surface area contributed by atoms with Gasteiger partial charge in [-0.15, -0.1) is 0 Å². The molecule has 0 aliphatic heterocycles. The largest absolute Gasteiger partial charge is 0.0716 e. The second-order valence-electron chi connectivity index (χ2n) is 3.68. The Labute approximate surface area is 65.3 Å². The molecule has 0 aromatic rings. The predicted molar refractivity (Wildman–Crippen MR) is 48.1 cm³/mol. The standard InChI is InChI=1S/C10H20/c1-7(2)9(5)10(6)8(3)4/h7-8H,1-6H3/b10-9-. The van der Waals surface area contributed by atoms with Crippen molar-refractivity contribution in [2.24, 2.45) is 11.8 Å². The highest BCUT2D eigenvalue weighted by molar-refractivity contribution is 5.13. The molecular formula is C10H20. The zero-order valence-electron chi connectivity index (χ0n) is 8.15. The predicted octanol–water partition coefficient (Wildman–Crippen LogP) is 3.63. The fourth-order valence-electron chi connectivity index (χ4n) is 0.911. The van der Waals surface area contributed by atoms with Crippen molar-refractivity contribution < 1.29 is 0 Å². The van der Waals surface area contributed by atoms with Crippen molar-refractivity contribution in [3.63, 3.8) is 0 Å². The maximum atomic E-state index is 2.25. The van der Waals surface area contributed by atoms with Gasteiger partial charge in [-0.3, -0.25) is 0 Å². The average molecular weight is 140 g/mol. The Kier molecular flexibility index (Phi) is 3.70. The van der Waals surface area contributed by atoms with Gasteiger partial charge in [-0.05, 0) is 25.7 Å². The van der Waals surface area contributed by atoms with E-state index >= 15 is 0 Å². The van der Waals surface area contributed by atoms with Crippen LogP contribution in [0.4, 0.5) is 0 Å². The van der Waals surface area contributed by atoms with Gasteiger partial charge in [0.1, 0.15) is 0 Å². The van der Waals surface area contributed by atoms with E-state index in [1.54, 1.807) is 11.1 Å². The molecule has 10 heavy (non-hydrogen) atoms. The Morgan fingerprint density at radius 3 is 1.00 bits per heavy atom. The molecule has 0 aliphatic carbocycles. The van der Waals surface area contributed by atoms with Gasteiger partial charge in [-0.1, -0.05) is 38.8 Å². The van der Waals surface area contributed by atoms with Crippen LogP contribution in [0.25, 0.3) is 0 Å². The minimum absolute atomic E-state index is 0.711. The Bertz CT molecular complexity index is 111. The van der Waals surface area contributed by atoms with Crippen molar-refractivity contribution in [1.29, 1.82) is 0 Å². The van der Waals surface area contributed by atoms with Gasteiger partial charge in [0.05, 0.1) is 0 Å². The monoisotopic (exact) mass is 140 g/mol. The third-order valence-corrected chi connectivity index (χ3v) is 2.35. The lowest BCUT2D eigenvalue weighted by Crippen LogP contribution is -1.98. The maximum absolute atomic E-state index is 2.25. The highest BCUT2D eigenvalue weighted by Gasteiger charge is 2.03. The van der Waals surface area contributed by atoms with Crippen molar-refractivity contribution in [2.75, 3.05) is 0 Å². The Morgan fingerprint density at radius 2 is 0.900 bits per heavy atom. The molecule has 0 nitrogen and oxygen atoms in total. The summed E-state index contributed by atoms with van der Waals surface area (Å²) in [7, 11) is 0. The third-order valence-electron chi connectivity index (χ3n) is 2.35. The second kappa shape index (κ2) is 3.80. The molecule has 60 valence electrons. The first kappa shape index (κ1) is 9.74. The molecule has 0 saturated carbocycles. The summed E-state index contributed by atoms with van der Waals surface area (Å²) in [5.41, 5.74) is 3.10. The molecule has 0 aliphatic rings. The van der Waals surface area contributed by atoms with Gasteiger partial charge in [-0.2, -0.15) is 0 Å². The second-order valence-corrected chi connectivity index (χ2v) is 3.68. The molecule has 0 bridgehead atoms. The van der Waals surface area contributed by atoms with Crippen LogP contribution in [0.5, 0.6) is 0 Å². The lowest BCUT2D eigenvalue weighted by molar-refractivity contribution is 0.691. The van der Waals surface area contributed by atoms with Gasteiger partial charge in [0.15, 0.2) is 0 Å². The van der Waals surface area contributed by atoms with Crippen LogP contribution in [0.2, 0.25) is 0 Å². The first-order valence-corrected chi connectivity index (χ1v) is 4.14. The van der Waals surface area contributed by atoms with E-state index in [1.807, 2.05) is 0 Å². The van der Waals surface area contributed by atoms with Crippen LogP contribution in [0.15, 0.2) is 11.1 Å². The van der Waals surface area contributed by atoms with Crippen LogP contribution >= 0.6 is 0 Å². The molecule has 0 spiro atoms. The average Bonchev–Trinajstić information content (AvgIpc) is 1.84. The van der Waals surface area contributed by atoms with Crippen molar-refractivity contribution in [2.45, 2.75) is 41.5 Å². The lowest BCUT2D eigenvalue weighted by Gasteiger charge is -2.13. The van der Waals surface area contributed by atoms with Gasteiger partial charge in [-0.25, -0.2) is 0 Å². The molecule has 0 heterocycles. The van der Waals surface area contributed by atoms with E-state index in [4.69, 9.17) is 0 Å². The molecule has 0 saturated heterocycles. The van der Waals surface area contributed by atoms with Crippen molar-refractivity contribution in [1.82, 2.24) is 0 Å². The maximum Gasteiger partial charge on any atom is -0.0260 e. The van der Waals surface area contributed by atoms with E-state index in [2.05, 4.69) is 41.5 Å². The molecule has 0 atom stereocenters. The summed E-state index contributed by atoms with van der Waals surface area (Å²) >= 11 is 0.